The van der Waals surface area contributed by atoms with Crippen molar-refractivity contribution in [3.8, 4) is 0 Å². The topological polar surface area (TPSA) is 6.48 Å². The number of benzene rings is 7. The van der Waals surface area contributed by atoms with Crippen LogP contribution in [0, 0.1) is 0 Å². The van der Waals surface area contributed by atoms with Gasteiger partial charge >= 0.3 is 0 Å². The summed E-state index contributed by atoms with van der Waals surface area (Å²) in [6.07, 6.45) is 2.03. The van der Waals surface area contributed by atoms with E-state index in [0.29, 0.717) is 0 Å². The number of hydrogen-bond acceptors (Lipinski definition) is 2. The molecule has 7 aromatic carbocycles. The zero-order valence-electron chi connectivity index (χ0n) is 29.4. The summed E-state index contributed by atoms with van der Waals surface area (Å²) < 4.78 is 0. The van der Waals surface area contributed by atoms with Gasteiger partial charge in [0, 0.05) is 33.5 Å². The van der Waals surface area contributed by atoms with Crippen molar-refractivity contribution in [3.63, 3.8) is 0 Å². The SMILES string of the molecule is CCC(C)(C)c1ccc(C(C)(CC)N(c2ccc(N(c3ccccc3)c3cccc4ccccc34)cc2)c2cccc3ccccc23)cc1. The third-order valence-corrected chi connectivity index (χ3v) is 10.7. The molecule has 1 unspecified atom stereocenters. The van der Waals surface area contributed by atoms with Crippen molar-refractivity contribution in [1.29, 1.82) is 0 Å². The quantitative estimate of drug-likeness (QED) is 0.147. The van der Waals surface area contributed by atoms with Crippen LogP contribution in [0.4, 0.5) is 28.4 Å². The van der Waals surface area contributed by atoms with Gasteiger partial charge in [-0.25, -0.2) is 0 Å². The predicted octanol–water partition coefficient (Wildman–Crippen LogP) is 13.6. The van der Waals surface area contributed by atoms with Gasteiger partial charge in [0.15, 0.2) is 0 Å². The standard InChI is InChI=1S/C47H46N2/c1-6-46(3,4)37-27-29-38(30-28-37)47(5,7-2)49(45-26-16-20-36-18-12-14-24-43(36)45)41-33-31-40(32-34-41)48(39-21-9-8-10-22-39)44-25-15-19-35-17-11-13-23-42(35)44/h8-34H,6-7H2,1-5H3. The number of para-hydroxylation sites is 1. The number of anilines is 5. The first-order valence-corrected chi connectivity index (χ1v) is 17.7. The fourth-order valence-corrected chi connectivity index (χ4v) is 7.23. The van der Waals surface area contributed by atoms with Gasteiger partial charge in [0.05, 0.1) is 11.2 Å². The van der Waals surface area contributed by atoms with E-state index >= 15 is 0 Å². The number of nitrogens with zero attached hydrogens (tertiary/aromatic N) is 2. The van der Waals surface area contributed by atoms with E-state index in [-0.39, 0.29) is 11.0 Å². The molecule has 0 amide bonds. The Morgan fingerprint density at radius 2 is 0.878 bits per heavy atom. The Hall–Kier alpha value is -5.34. The van der Waals surface area contributed by atoms with Crippen molar-refractivity contribution >= 4 is 50.0 Å². The van der Waals surface area contributed by atoms with Crippen molar-refractivity contribution < 1.29 is 0 Å². The summed E-state index contributed by atoms with van der Waals surface area (Å²) in [5, 5.41) is 4.95. The molecule has 0 aromatic heterocycles. The minimum absolute atomic E-state index is 0.140. The third kappa shape index (κ3) is 5.97. The maximum absolute atomic E-state index is 2.57. The second kappa shape index (κ2) is 13.3. The normalized spacial score (nSPS) is 12.9. The molecule has 7 aromatic rings. The summed E-state index contributed by atoms with van der Waals surface area (Å²) in [5.74, 6) is 0. The van der Waals surface area contributed by atoms with Crippen molar-refractivity contribution in [1.82, 2.24) is 0 Å². The van der Waals surface area contributed by atoms with E-state index in [1.54, 1.807) is 0 Å². The predicted molar refractivity (Wildman–Crippen MR) is 212 cm³/mol. The van der Waals surface area contributed by atoms with Crippen molar-refractivity contribution in [2.45, 2.75) is 58.4 Å². The lowest BCUT2D eigenvalue weighted by atomic mass is 9.79. The lowest BCUT2D eigenvalue weighted by molar-refractivity contribution is 0.462. The van der Waals surface area contributed by atoms with Crippen LogP contribution in [0.25, 0.3) is 21.5 Å². The fraction of sp³-hybridized carbons (Fsp3) is 0.191. The molecule has 7 rings (SSSR count). The van der Waals surface area contributed by atoms with Gasteiger partial charge in [-0.2, -0.15) is 0 Å². The molecular formula is C47H46N2. The minimum Gasteiger partial charge on any atom is -0.331 e. The van der Waals surface area contributed by atoms with E-state index in [9.17, 15) is 0 Å². The Bertz CT molecular complexity index is 2170. The summed E-state index contributed by atoms with van der Waals surface area (Å²) >= 11 is 0. The molecule has 0 saturated carbocycles. The van der Waals surface area contributed by atoms with E-state index in [1.807, 2.05) is 0 Å². The van der Waals surface area contributed by atoms with Crippen LogP contribution in [0.1, 0.15) is 58.6 Å². The van der Waals surface area contributed by atoms with Gasteiger partial charge in [0.25, 0.3) is 0 Å². The molecule has 0 bridgehead atoms. The van der Waals surface area contributed by atoms with Crippen LogP contribution in [0.5, 0.6) is 0 Å². The maximum atomic E-state index is 2.57. The highest BCUT2D eigenvalue weighted by Gasteiger charge is 2.35. The van der Waals surface area contributed by atoms with Crippen molar-refractivity contribution in [3.05, 3.63) is 175 Å². The lowest BCUT2D eigenvalue weighted by Crippen LogP contribution is -2.40. The minimum atomic E-state index is -0.310. The second-order valence-corrected chi connectivity index (χ2v) is 14.0. The second-order valence-electron chi connectivity index (χ2n) is 14.0. The Balaban J connectivity index is 1.39. The van der Waals surface area contributed by atoms with E-state index < -0.39 is 0 Å². The molecule has 0 aliphatic heterocycles. The highest BCUT2D eigenvalue weighted by atomic mass is 15.2. The Kier molecular flexibility index (Phi) is 8.73. The number of rotatable bonds is 10. The molecule has 0 N–H and O–H groups in total. The molecule has 2 heteroatoms. The average molecular weight is 639 g/mol. The first-order valence-electron chi connectivity index (χ1n) is 17.7. The van der Waals surface area contributed by atoms with Crippen LogP contribution in [0.15, 0.2) is 164 Å². The van der Waals surface area contributed by atoms with E-state index in [4.69, 9.17) is 0 Å². The van der Waals surface area contributed by atoms with Gasteiger partial charge in [-0.15, -0.1) is 0 Å². The maximum Gasteiger partial charge on any atom is 0.0672 e. The number of fused-ring (bicyclic) bond motifs is 2. The van der Waals surface area contributed by atoms with Gasteiger partial charge in [-0.05, 0) is 95.6 Å². The first-order chi connectivity index (χ1) is 23.8. The summed E-state index contributed by atoms with van der Waals surface area (Å²) in [4.78, 5) is 4.95. The molecule has 0 spiro atoms. The molecule has 1 atom stereocenters. The fourth-order valence-electron chi connectivity index (χ4n) is 7.23. The summed E-state index contributed by atoms with van der Waals surface area (Å²) in [6.45, 7) is 11.7. The zero-order valence-corrected chi connectivity index (χ0v) is 29.4. The van der Waals surface area contributed by atoms with E-state index in [1.165, 1.54) is 38.4 Å². The van der Waals surface area contributed by atoms with Crippen LogP contribution in [-0.4, -0.2) is 0 Å². The molecule has 0 aliphatic carbocycles. The van der Waals surface area contributed by atoms with Gasteiger partial charge in [-0.1, -0.05) is 143 Å². The zero-order chi connectivity index (χ0) is 34.0. The van der Waals surface area contributed by atoms with E-state index in [2.05, 4.69) is 208 Å². The number of hydrogen-bond donors (Lipinski definition) is 0. The lowest BCUT2D eigenvalue weighted by Gasteiger charge is -2.44. The van der Waals surface area contributed by atoms with Gasteiger partial charge < -0.3 is 9.80 Å². The highest BCUT2D eigenvalue weighted by Crippen LogP contribution is 2.46. The molecule has 244 valence electrons. The summed E-state index contributed by atoms with van der Waals surface area (Å²) in [5.41, 5.74) is 8.31. The van der Waals surface area contributed by atoms with Crippen LogP contribution in [0.2, 0.25) is 0 Å². The molecule has 0 aliphatic rings. The molecule has 49 heavy (non-hydrogen) atoms. The van der Waals surface area contributed by atoms with Crippen molar-refractivity contribution in [2.75, 3.05) is 9.80 Å². The van der Waals surface area contributed by atoms with Crippen LogP contribution in [0.3, 0.4) is 0 Å². The summed E-state index contributed by atoms with van der Waals surface area (Å²) in [6, 6.07) is 59.9. The Morgan fingerprint density at radius 3 is 1.47 bits per heavy atom. The van der Waals surface area contributed by atoms with Gasteiger partial charge in [0.2, 0.25) is 0 Å². The van der Waals surface area contributed by atoms with Crippen LogP contribution >= 0.6 is 0 Å². The average Bonchev–Trinajstić information content (AvgIpc) is 3.16. The summed E-state index contributed by atoms with van der Waals surface area (Å²) in [7, 11) is 0. The molecule has 2 nitrogen and oxygen atoms in total. The Labute approximate surface area is 292 Å². The van der Waals surface area contributed by atoms with Crippen LogP contribution < -0.4 is 9.80 Å². The van der Waals surface area contributed by atoms with Crippen LogP contribution in [-0.2, 0) is 11.0 Å². The van der Waals surface area contributed by atoms with Gasteiger partial charge in [-0.3, -0.25) is 0 Å². The third-order valence-electron chi connectivity index (χ3n) is 10.7. The first kappa shape index (κ1) is 32.2. The van der Waals surface area contributed by atoms with E-state index in [0.717, 1.165) is 35.6 Å². The van der Waals surface area contributed by atoms with Crippen molar-refractivity contribution in [2.24, 2.45) is 0 Å². The monoisotopic (exact) mass is 638 g/mol. The smallest absolute Gasteiger partial charge is 0.0672 e. The molecule has 0 heterocycles. The highest BCUT2D eigenvalue weighted by molar-refractivity contribution is 5.99. The molecule has 0 saturated heterocycles. The molecule has 0 radical (unpaired) electrons. The largest absolute Gasteiger partial charge is 0.331 e. The van der Waals surface area contributed by atoms with Gasteiger partial charge in [0.1, 0.15) is 0 Å². The molecular weight excluding hydrogens is 593 g/mol. The molecule has 0 fully saturated rings. The Morgan fingerprint density at radius 1 is 0.408 bits per heavy atom.